The lowest BCUT2D eigenvalue weighted by Gasteiger charge is -1.99. The number of rotatable bonds is 1. The molecule has 1 N–H and O–H groups in total. The molecule has 0 radical (unpaired) electrons. The van der Waals surface area contributed by atoms with Crippen LogP contribution in [-0.4, -0.2) is 22.4 Å². The van der Waals surface area contributed by atoms with E-state index < -0.39 is 0 Å². The molecule has 0 atom stereocenters. The van der Waals surface area contributed by atoms with Gasteiger partial charge < -0.3 is 4.30 Å². The lowest BCUT2D eigenvalue weighted by Crippen LogP contribution is -2.24. The summed E-state index contributed by atoms with van der Waals surface area (Å²) in [7, 11) is 0. The van der Waals surface area contributed by atoms with Crippen LogP contribution in [0.25, 0.3) is 0 Å². The van der Waals surface area contributed by atoms with E-state index in [9.17, 15) is 4.79 Å². The first kappa shape index (κ1) is 7.00. The third-order valence-electron chi connectivity index (χ3n) is 0.771. The molecule has 0 fully saturated rings. The van der Waals surface area contributed by atoms with E-state index in [1.54, 1.807) is 0 Å². The van der Waals surface area contributed by atoms with Crippen molar-refractivity contribution in [3.05, 3.63) is 0 Å². The lowest BCUT2D eigenvalue weighted by molar-refractivity contribution is -0.122. The van der Waals surface area contributed by atoms with E-state index in [0.717, 1.165) is 16.5 Å². The molecule has 0 aliphatic heterocycles. The Morgan fingerprint density at radius 3 is 2.14 bits per heavy atom. The Balaban J connectivity index is 3.35. The minimum atomic E-state index is 0.150. The molecule has 0 aromatic carbocycles. The predicted molar refractivity (Wildman–Crippen MR) is 31.5 cm³/mol. The molecule has 0 bridgehead atoms. The van der Waals surface area contributed by atoms with Crippen molar-refractivity contribution < 1.29 is 4.79 Å². The Morgan fingerprint density at radius 1 is 1.71 bits per heavy atom. The highest BCUT2D eigenvalue weighted by molar-refractivity contribution is 6.14. The highest BCUT2D eigenvalue weighted by Crippen LogP contribution is 1.87. The van der Waals surface area contributed by atoms with Gasteiger partial charge in [0.2, 0.25) is 0 Å². The van der Waals surface area contributed by atoms with Crippen LogP contribution in [0.5, 0.6) is 0 Å². The van der Waals surface area contributed by atoms with Crippen LogP contribution in [0.4, 0.5) is 0 Å². The zero-order valence-corrected chi connectivity index (χ0v) is 6.99. The summed E-state index contributed by atoms with van der Waals surface area (Å²) in [5, 5.41) is 0. The maximum Gasteiger partial charge on any atom is 0.364 e. The highest BCUT2D eigenvalue weighted by atomic mass is 27.1. The van der Waals surface area contributed by atoms with Crippen molar-refractivity contribution in [1.82, 2.24) is 4.30 Å². The van der Waals surface area contributed by atoms with E-state index in [1.165, 1.54) is 0 Å². The van der Waals surface area contributed by atoms with Crippen LogP contribution in [0.2, 0.25) is 0 Å². The number of nitrogens with one attached hydrogen (secondary N) is 1. The molecular formula is C4H10AlNO. The van der Waals surface area contributed by atoms with Crippen molar-refractivity contribution >= 4 is 22.4 Å². The van der Waals surface area contributed by atoms with Crippen LogP contribution in [0, 0.1) is 5.92 Å². The molecule has 0 heterocycles. The molecule has 0 spiro atoms. The third kappa shape index (κ3) is 2.67. The van der Waals surface area contributed by atoms with Crippen molar-refractivity contribution in [2.75, 3.05) is 0 Å². The molecule has 0 unspecified atom stereocenters. The summed E-state index contributed by atoms with van der Waals surface area (Å²) in [4.78, 5) is 10.4. The van der Waals surface area contributed by atoms with Crippen LogP contribution >= 0.6 is 0 Å². The first-order valence-corrected chi connectivity index (χ1v) is 3.40. The van der Waals surface area contributed by atoms with Gasteiger partial charge in [-0.3, -0.25) is 4.79 Å². The van der Waals surface area contributed by atoms with Gasteiger partial charge in [-0.25, -0.2) is 0 Å². The van der Waals surface area contributed by atoms with Gasteiger partial charge in [-0.1, -0.05) is 13.8 Å². The molecule has 0 aliphatic rings. The summed E-state index contributed by atoms with van der Waals surface area (Å²) in [6.07, 6.45) is 0. The van der Waals surface area contributed by atoms with Crippen molar-refractivity contribution in [3.8, 4) is 0 Å². The van der Waals surface area contributed by atoms with Crippen LogP contribution in [0.3, 0.4) is 0 Å². The van der Waals surface area contributed by atoms with Crippen molar-refractivity contribution in [3.63, 3.8) is 0 Å². The molecule has 40 valence electrons. The fourth-order valence-corrected chi connectivity index (χ4v) is 0.866. The molecule has 0 saturated heterocycles. The van der Waals surface area contributed by atoms with Gasteiger partial charge >= 0.3 is 16.5 Å². The number of carbonyl (C=O) groups excluding carboxylic acids is 1. The normalized spacial score (nSPS) is 9.00. The monoisotopic (exact) mass is 115 g/mol. The zero-order valence-electron chi connectivity index (χ0n) is 4.99. The van der Waals surface area contributed by atoms with Crippen LogP contribution in [0.15, 0.2) is 0 Å². The molecule has 7 heavy (non-hydrogen) atoms. The second-order valence-corrected chi connectivity index (χ2v) is 2.27. The van der Waals surface area contributed by atoms with Gasteiger partial charge in [0.05, 0.1) is 0 Å². The van der Waals surface area contributed by atoms with Crippen LogP contribution < -0.4 is 4.30 Å². The Kier molecular flexibility index (Phi) is 3.06. The van der Waals surface area contributed by atoms with E-state index in [2.05, 4.69) is 4.30 Å². The molecular weight excluding hydrogens is 105 g/mol. The zero-order chi connectivity index (χ0) is 5.86. The van der Waals surface area contributed by atoms with E-state index >= 15 is 0 Å². The number of hydrogen-bond acceptors (Lipinski definition) is 1. The number of carbonyl (C=O) groups is 1. The third-order valence-corrected chi connectivity index (χ3v) is 1.26. The molecule has 0 aromatic heterocycles. The molecule has 0 saturated carbocycles. The minimum Gasteiger partial charge on any atom is -0.452 e. The van der Waals surface area contributed by atoms with Crippen molar-refractivity contribution in [2.24, 2.45) is 5.92 Å². The van der Waals surface area contributed by atoms with Crippen LogP contribution in [0.1, 0.15) is 13.8 Å². The molecule has 0 rings (SSSR count). The van der Waals surface area contributed by atoms with Gasteiger partial charge in [-0.2, -0.15) is 0 Å². The van der Waals surface area contributed by atoms with E-state index in [1.807, 2.05) is 13.8 Å². The fourth-order valence-electron chi connectivity index (χ4n) is 0.289. The molecule has 0 aliphatic carbocycles. The largest absolute Gasteiger partial charge is 0.452 e. The average Bonchev–Trinajstić information content (AvgIpc) is 1.65. The first-order chi connectivity index (χ1) is 3.18. The molecule has 2 nitrogen and oxygen atoms in total. The quantitative estimate of drug-likeness (QED) is 0.450. The second kappa shape index (κ2) is 3.06. The summed E-state index contributed by atoms with van der Waals surface area (Å²) < 4.78 is 2.66. The van der Waals surface area contributed by atoms with Crippen LogP contribution in [-0.2, 0) is 4.79 Å². The summed E-state index contributed by atoms with van der Waals surface area (Å²) >= 11 is 0.771. The van der Waals surface area contributed by atoms with E-state index in [4.69, 9.17) is 0 Å². The van der Waals surface area contributed by atoms with Gasteiger partial charge in [0.1, 0.15) is 0 Å². The smallest absolute Gasteiger partial charge is 0.364 e. The van der Waals surface area contributed by atoms with Gasteiger partial charge in [0.15, 0.2) is 5.91 Å². The van der Waals surface area contributed by atoms with Gasteiger partial charge in [-0.15, -0.1) is 0 Å². The standard InChI is InChI=1S/C4H9NO.Al.2H/c1-3(2)4(5)6;;;/h3H,1-2H3,(H2,5,6);;;/q;+1;;/p-1. The fraction of sp³-hybridized carbons (Fsp3) is 0.750. The van der Waals surface area contributed by atoms with Crippen molar-refractivity contribution in [2.45, 2.75) is 13.8 Å². The Morgan fingerprint density at radius 2 is 2.14 bits per heavy atom. The Hall–Kier alpha value is 0.00247. The Bertz CT molecular complexity index is 72.1. The first-order valence-electron chi connectivity index (χ1n) is 2.40. The maximum absolute atomic E-state index is 10.4. The van der Waals surface area contributed by atoms with Crippen molar-refractivity contribution in [1.29, 1.82) is 0 Å². The van der Waals surface area contributed by atoms with E-state index in [-0.39, 0.29) is 11.8 Å². The second-order valence-electron chi connectivity index (χ2n) is 1.77. The molecule has 3 heteroatoms. The summed E-state index contributed by atoms with van der Waals surface area (Å²) in [6.45, 7) is 3.76. The Labute approximate surface area is 51.9 Å². The molecule has 0 aromatic rings. The summed E-state index contributed by atoms with van der Waals surface area (Å²) in [6, 6.07) is 0. The highest BCUT2D eigenvalue weighted by Gasteiger charge is 1.99. The summed E-state index contributed by atoms with van der Waals surface area (Å²) in [5.74, 6) is 0.309. The summed E-state index contributed by atoms with van der Waals surface area (Å²) in [5.41, 5.74) is 0. The molecule has 1 amide bonds. The number of hydrogen-bond donors (Lipinski definition) is 1. The predicted octanol–water partition coefficient (Wildman–Crippen LogP) is -0.693. The van der Waals surface area contributed by atoms with E-state index in [0.29, 0.717) is 0 Å². The SMILES string of the molecule is CC(C)C(=O)[NH][AlH2]. The maximum atomic E-state index is 10.4. The average molecular weight is 115 g/mol. The topological polar surface area (TPSA) is 29.1 Å². The lowest BCUT2D eigenvalue weighted by atomic mass is 10.2. The minimum absolute atomic E-state index is 0.150. The van der Waals surface area contributed by atoms with Gasteiger partial charge in [-0.05, 0) is 0 Å². The van der Waals surface area contributed by atoms with Gasteiger partial charge in [0.25, 0.3) is 0 Å². The van der Waals surface area contributed by atoms with Gasteiger partial charge in [0, 0.05) is 5.92 Å². The number of amides is 1.